The number of hydrogen-bond acceptors (Lipinski definition) is 3. The number of piperazine rings is 1. The zero-order valence-electron chi connectivity index (χ0n) is 13.3. The molecule has 6 heteroatoms. The third kappa shape index (κ3) is 5.35. The number of benzene rings is 1. The molecule has 0 bridgehead atoms. The summed E-state index contributed by atoms with van der Waals surface area (Å²) in [6.45, 7) is 6.25. The lowest BCUT2D eigenvalue weighted by Crippen LogP contribution is -2.44. The molecule has 1 heterocycles. The van der Waals surface area contributed by atoms with Crippen LogP contribution < -0.4 is 10.6 Å². The number of rotatable bonds is 6. The van der Waals surface area contributed by atoms with Gasteiger partial charge in [0.25, 0.3) is 0 Å². The van der Waals surface area contributed by atoms with E-state index in [1.807, 2.05) is 18.2 Å². The Bertz CT molecular complexity index is 520. The molecule has 1 aliphatic carbocycles. The summed E-state index contributed by atoms with van der Waals surface area (Å²) in [4.78, 5) is 14.6. The fraction of sp³-hybridized carbons (Fsp3) is 0.588. The molecule has 1 saturated carbocycles. The number of carbonyl (C=O) groups excluding carboxylic acids is 1. The number of carbonyl (C=O) groups is 1. The van der Waals surface area contributed by atoms with Crippen molar-refractivity contribution in [1.29, 1.82) is 0 Å². The van der Waals surface area contributed by atoms with E-state index in [9.17, 15) is 4.79 Å². The van der Waals surface area contributed by atoms with Crippen LogP contribution in [0.25, 0.3) is 0 Å². The van der Waals surface area contributed by atoms with Gasteiger partial charge in [-0.1, -0.05) is 23.7 Å². The minimum absolute atomic E-state index is 0. The van der Waals surface area contributed by atoms with Crippen LogP contribution >= 0.6 is 24.0 Å². The summed E-state index contributed by atoms with van der Waals surface area (Å²) >= 11 is 6.01. The Labute approximate surface area is 149 Å². The molecule has 2 atom stereocenters. The summed E-state index contributed by atoms with van der Waals surface area (Å²) in [7, 11) is 0. The minimum Gasteiger partial charge on any atom is -0.356 e. The van der Waals surface area contributed by atoms with Crippen LogP contribution in [0.2, 0.25) is 5.02 Å². The SMILES string of the molecule is Cl.O=C(NCCCN1CCNCC1)C1CC1c1cccc(Cl)c1. The van der Waals surface area contributed by atoms with Crippen molar-refractivity contribution in [3.05, 3.63) is 34.9 Å². The van der Waals surface area contributed by atoms with Crippen LogP contribution in [-0.2, 0) is 4.79 Å². The van der Waals surface area contributed by atoms with Crippen LogP contribution in [0.15, 0.2) is 24.3 Å². The quantitative estimate of drug-likeness (QED) is 0.767. The second kappa shape index (κ2) is 8.88. The van der Waals surface area contributed by atoms with Crippen LogP contribution in [-0.4, -0.2) is 50.1 Å². The molecule has 0 radical (unpaired) electrons. The molecule has 23 heavy (non-hydrogen) atoms. The van der Waals surface area contributed by atoms with Crippen molar-refractivity contribution in [3.8, 4) is 0 Å². The number of nitrogens with one attached hydrogen (secondary N) is 2. The lowest BCUT2D eigenvalue weighted by atomic mass is 10.1. The molecule has 1 aliphatic heterocycles. The third-order valence-electron chi connectivity index (χ3n) is 4.56. The molecule has 2 N–H and O–H groups in total. The molecular formula is C17H25Cl2N3O. The number of halogens is 2. The Kier molecular flexibility index (Phi) is 7.15. The van der Waals surface area contributed by atoms with E-state index in [1.54, 1.807) is 0 Å². The lowest BCUT2D eigenvalue weighted by molar-refractivity contribution is -0.122. The van der Waals surface area contributed by atoms with Gasteiger partial charge in [0.15, 0.2) is 0 Å². The molecule has 1 amide bonds. The maximum Gasteiger partial charge on any atom is 0.223 e. The van der Waals surface area contributed by atoms with Crippen LogP contribution in [0.4, 0.5) is 0 Å². The summed E-state index contributed by atoms with van der Waals surface area (Å²) in [6, 6.07) is 7.87. The Balaban J connectivity index is 0.00000192. The minimum atomic E-state index is 0. The van der Waals surface area contributed by atoms with Gasteiger partial charge < -0.3 is 15.5 Å². The van der Waals surface area contributed by atoms with Crippen LogP contribution in [0.3, 0.4) is 0 Å². The van der Waals surface area contributed by atoms with Crippen LogP contribution in [0.1, 0.15) is 24.3 Å². The molecule has 1 saturated heterocycles. The summed E-state index contributed by atoms with van der Waals surface area (Å²) in [6.07, 6.45) is 1.98. The Morgan fingerprint density at radius 2 is 2.13 bits per heavy atom. The monoisotopic (exact) mass is 357 g/mol. The largest absolute Gasteiger partial charge is 0.356 e. The normalized spacial score (nSPS) is 23.9. The van der Waals surface area contributed by atoms with E-state index in [0.29, 0.717) is 5.92 Å². The first-order chi connectivity index (χ1) is 10.7. The summed E-state index contributed by atoms with van der Waals surface area (Å²) < 4.78 is 0. The Hall–Kier alpha value is -0.810. The Morgan fingerprint density at radius 3 is 2.87 bits per heavy atom. The van der Waals surface area contributed by atoms with Gasteiger partial charge in [-0.3, -0.25) is 4.79 Å². The zero-order chi connectivity index (χ0) is 15.4. The zero-order valence-corrected chi connectivity index (χ0v) is 14.8. The summed E-state index contributed by atoms with van der Waals surface area (Å²) in [5.74, 6) is 0.690. The predicted octanol–water partition coefficient (Wildman–Crippen LogP) is 2.28. The van der Waals surface area contributed by atoms with Crippen molar-refractivity contribution < 1.29 is 4.79 Å². The molecule has 3 rings (SSSR count). The highest BCUT2D eigenvalue weighted by molar-refractivity contribution is 6.30. The standard InChI is InChI=1S/C17H24ClN3O.ClH/c18-14-4-1-3-13(11-14)15-12-16(15)17(22)20-5-2-8-21-9-6-19-7-10-21;/h1,3-4,11,15-16,19H,2,5-10,12H2,(H,20,22);1H. The maximum atomic E-state index is 12.2. The van der Waals surface area contributed by atoms with Gasteiger partial charge in [-0.2, -0.15) is 0 Å². The fourth-order valence-electron chi connectivity index (χ4n) is 3.17. The second-order valence-electron chi connectivity index (χ2n) is 6.24. The molecule has 2 aliphatic rings. The molecule has 0 aromatic heterocycles. The van der Waals surface area contributed by atoms with Gasteiger partial charge >= 0.3 is 0 Å². The van der Waals surface area contributed by atoms with Crippen LogP contribution in [0, 0.1) is 5.92 Å². The van der Waals surface area contributed by atoms with Gasteiger partial charge in [0.1, 0.15) is 0 Å². The van der Waals surface area contributed by atoms with Crippen molar-refractivity contribution in [2.75, 3.05) is 39.3 Å². The first-order valence-corrected chi connectivity index (χ1v) is 8.58. The van der Waals surface area contributed by atoms with E-state index in [4.69, 9.17) is 11.6 Å². The van der Waals surface area contributed by atoms with E-state index in [1.165, 1.54) is 5.56 Å². The van der Waals surface area contributed by atoms with Gasteiger partial charge in [-0.15, -0.1) is 12.4 Å². The van der Waals surface area contributed by atoms with Crippen molar-refractivity contribution in [1.82, 2.24) is 15.5 Å². The number of nitrogens with zero attached hydrogens (tertiary/aromatic N) is 1. The summed E-state index contributed by atoms with van der Waals surface area (Å²) in [5, 5.41) is 7.18. The highest BCUT2D eigenvalue weighted by atomic mass is 35.5. The molecule has 2 fully saturated rings. The summed E-state index contributed by atoms with van der Waals surface area (Å²) in [5.41, 5.74) is 1.19. The van der Waals surface area contributed by atoms with Gasteiger partial charge in [-0.25, -0.2) is 0 Å². The van der Waals surface area contributed by atoms with Crippen molar-refractivity contribution in [3.63, 3.8) is 0 Å². The average Bonchev–Trinajstić information content (AvgIpc) is 3.33. The van der Waals surface area contributed by atoms with E-state index >= 15 is 0 Å². The van der Waals surface area contributed by atoms with Crippen molar-refractivity contribution in [2.24, 2.45) is 5.92 Å². The van der Waals surface area contributed by atoms with Gasteiger partial charge in [-0.05, 0) is 43.0 Å². The fourth-order valence-corrected chi connectivity index (χ4v) is 3.37. The number of hydrogen-bond donors (Lipinski definition) is 2. The van der Waals surface area contributed by atoms with Gasteiger partial charge in [0.2, 0.25) is 5.91 Å². The van der Waals surface area contributed by atoms with E-state index in [2.05, 4.69) is 21.6 Å². The first kappa shape index (κ1) is 18.5. The lowest BCUT2D eigenvalue weighted by Gasteiger charge is -2.27. The molecule has 1 aromatic rings. The maximum absolute atomic E-state index is 12.2. The molecule has 128 valence electrons. The van der Waals surface area contributed by atoms with Crippen molar-refractivity contribution >= 4 is 29.9 Å². The molecule has 1 aromatic carbocycles. The van der Waals surface area contributed by atoms with E-state index in [-0.39, 0.29) is 24.2 Å². The predicted molar refractivity (Wildman–Crippen MR) is 96.5 cm³/mol. The highest BCUT2D eigenvalue weighted by Crippen LogP contribution is 2.47. The first-order valence-electron chi connectivity index (χ1n) is 8.20. The third-order valence-corrected chi connectivity index (χ3v) is 4.80. The smallest absolute Gasteiger partial charge is 0.223 e. The van der Waals surface area contributed by atoms with E-state index in [0.717, 1.165) is 57.1 Å². The van der Waals surface area contributed by atoms with Crippen LogP contribution in [0.5, 0.6) is 0 Å². The molecular weight excluding hydrogens is 333 g/mol. The second-order valence-corrected chi connectivity index (χ2v) is 6.68. The molecule has 2 unspecified atom stereocenters. The average molecular weight is 358 g/mol. The molecule has 0 spiro atoms. The van der Waals surface area contributed by atoms with Gasteiger partial charge in [0.05, 0.1) is 0 Å². The topological polar surface area (TPSA) is 44.4 Å². The van der Waals surface area contributed by atoms with E-state index < -0.39 is 0 Å². The van der Waals surface area contributed by atoms with Gasteiger partial charge in [0, 0.05) is 43.7 Å². The number of amides is 1. The molecule has 4 nitrogen and oxygen atoms in total. The highest BCUT2D eigenvalue weighted by Gasteiger charge is 2.43. The Morgan fingerprint density at radius 1 is 1.35 bits per heavy atom. The van der Waals surface area contributed by atoms with Crippen molar-refractivity contribution in [2.45, 2.75) is 18.8 Å².